The highest BCUT2D eigenvalue weighted by Gasteiger charge is 2.38. The summed E-state index contributed by atoms with van der Waals surface area (Å²) in [6.07, 6.45) is 2.55. The maximum atomic E-state index is 12.8. The molecule has 5 heteroatoms. The second-order valence-electron chi connectivity index (χ2n) is 5.49. The van der Waals surface area contributed by atoms with Crippen molar-refractivity contribution >= 4 is 33.9 Å². The first-order valence-corrected chi connectivity index (χ1v) is 8.30. The molecule has 1 aliphatic rings. The first-order valence-electron chi connectivity index (χ1n) is 7.51. The van der Waals surface area contributed by atoms with Gasteiger partial charge in [-0.15, -0.1) is 0 Å². The van der Waals surface area contributed by atoms with Crippen molar-refractivity contribution in [3.63, 3.8) is 0 Å². The van der Waals surface area contributed by atoms with Crippen LogP contribution < -0.4 is 0 Å². The average molecular weight is 378 g/mol. The van der Waals surface area contributed by atoms with E-state index >= 15 is 0 Å². The van der Waals surface area contributed by atoms with Gasteiger partial charge in [-0.2, -0.15) is 0 Å². The van der Waals surface area contributed by atoms with Gasteiger partial charge in [0.05, 0.1) is 18.3 Å². The lowest BCUT2D eigenvalue weighted by Gasteiger charge is -2.24. The van der Waals surface area contributed by atoms with Crippen LogP contribution in [0, 0.1) is 0 Å². The molecule has 1 atom stereocenters. The summed E-state index contributed by atoms with van der Waals surface area (Å²) in [4.78, 5) is 26.7. The summed E-state index contributed by atoms with van der Waals surface area (Å²) < 4.78 is 5.83. The molecule has 1 heterocycles. The number of ether oxygens (including phenoxy) is 1. The lowest BCUT2D eigenvalue weighted by atomic mass is 10.0. The third kappa shape index (κ3) is 3.39. The van der Waals surface area contributed by atoms with E-state index in [-0.39, 0.29) is 11.9 Å². The summed E-state index contributed by atoms with van der Waals surface area (Å²) in [6.45, 7) is 5.77. The minimum Gasteiger partial charge on any atom is -0.465 e. The second-order valence-corrected chi connectivity index (χ2v) is 6.41. The fourth-order valence-electron chi connectivity index (χ4n) is 2.64. The van der Waals surface area contributed by atoms with Gasteiger partial charge in [-0.25, -0.2) is 4.79 Å². The summed E-state index contributed by atoms with van der Waals surface area (Å²) in [5.41, 5.74) is 2.24. The van der Waals surface area contributed by atoms with E-state index in [4.69, 9.17) is 4.74 Å². The maximum Gasteiger partial charge on any atom is 0.340 e. The molecule has 0 spiro atoms. The predicted molar refractivity (Wildman–Crippen MR) is 93.4 cm³/mol. The normalized spacial score (nSPS) is 17.9. The van der Waals surface area contributed by atoms with Crippen LogP contribution in [0.3, 0.4) is 0 Å². The van der Waals surface area contributed by atoms with E-state index in [2.05, 4.69) is 15.9 Å². The number of amides is 1. The van der Waals surface area contributed by atoms with Crippen LogP contribution in [0.1, 0.15) is 32.8 Å². The zero-order valence-electron chi connectivity index (χ0n) is 13.7. The van der Waals surface area contributed by atoms with Crippen LogP contribution in [0.25, 0.3) is 6.08 Å². The van der Waals surface area contributed by atoms with Gasteiger partial charge in [0.15, 0.2) is 0 Å². The van der Waals surface area contributed by atoms with Crippen molar-refractivity contribution in [1.29, 1.82) is 0 Å². The molecule has 2 rings (SSSR count). The minimum atomic E-state index is -0.481. The fourth-order valence-corrected chi connectivity index (χ4v) is 2.90. The number of hydrogen-bond donors (Lipinski definition) is 0. The van der Waals surface area contributed by atoms with Crippen LogP contribution in [-0.4, -0.2) is 29.9 Å². The molecule has 0 saturated carbocycles. The summed E-state index contributed by atoms with van der Waals surface area (Å²) in [5.74, 6) is -0.634. The van der Waals surface area contributed by atoms with E-state index in [0.717, 1.165) is 16.5 Å². The zero-order chi connectivity index (χ0) is 17.1. The van der Waals surface area contributed by atoms with Crippen LogP contribution in [0.5, 0.6) is 0 Å². The number of methoxy groups -OCH3 is 1. The first kappa shape index (κ1) is 17.5. The number of benzene rings is 1. The number of rotatable bonds is 4. The smallest absolute Gasteiger partial charge is 0.340 e. The number of hydrogen-bond acceptors (Lipinski definition) is 3. The van der Waals surface area contributed by atoms with Crippen LogP contribution >= 0.6 is 15.9 Å². The Balaban J connectivity index is 2.54. The molecule has 0 unspecified atom stereocenters. The largest absolute Gasteiger partial charge is 0.465 e. The Morgan fingerprint density at radius 1 is 1.35 bits per heavy atom. The van der Waals surface area contributed by atoms with E-state index < -0.39 is 5.97 Å². The highest BCUT2D eigenvalue weighted by molar-refractivity contribution is 9.10. The Bertz CT molecular complexity index is 689. The number of esters is 1. The van der Waals surface area contributed by atoms with Crippen LogP contribution in [0.2, 0.25) is 0 Å². The number of halogens is 1. The fraction of sp³-hybridized carbons (Fsp3) is 0.333. The molecule has 23 heavy (non-hydrogen) atoms. The molecular formula is C18H20BrNO3. The third-order valence-corrected chi connectivity index (χ3v) is 4.57. The summed E-state index contributed by atoms with van der Waals surface area (Å²) in [6, 6.07) is 7.60. The molecule has 0 saturated heterocycles. The van der Waals surface area contributed by atoms with E-state index in [1.165, 1.54) is 7.11 Å². The van der Waals surface area contributed by atoms with Crippen molar-refractivity contribution in [1.82, 2.24) is 4.90 Å². The van der Waals surface area contributed by atoms with Crippen LogP contribution in [0.4, 0.5) is 0 Å². The molecule has 1 aliphatic heterocycles. The maximum absolute atomic E-state index is 12.8. The summed E-state index contributed by atoms with van der Waals surface area (Å²) in [7, 11) is 1.33. The first-order chi connectivity index (χ1) is 10.9. The molecule has 1 aromatic rings. The lowest BCUT2D eigenvalue weighted by molar-refractivity contribution is -0.136. The molecule has 1 aromatic carbocycles. The van der Waals surface area contributed by atoms with Gasteiger partial charge in [0, 0.05) is 16.2 Å². The standard InChI is InChI=1S/C18H20BrNO3/c1-5-11(2)20-12(3)16(18(22)23-4)15(17(20)21)10-13-6-8-14(19)9-7-13/h6-11H,5H2,1-4H3/b15-10-/t11-/m0/s1. The van der Waals surface area contributed by atoms with Gasteiger partial charge in [-0.05, 0) is 44.0 Å². The van der Waals surface area contributed by atoms with E-state index in [0.29, 0.717) is 16.8 Å². The Labute approximate surface area is 144 Å². The van der Waals surface area contributed by atoms with Gasteiger partial charge < -0.3 is 9.64 Å². The average Bonchev–Trinajstić information content (AvgIpc) is 2.79. The highest BCUT2D eigenvalue weighted by Crippen LogP contribution is 2.33. The lowest BCUT2D eigenvalue weighted by Crippen LogP contribution is -2.33. The number of carbonyl (C=O) groups is 2. The van der Waals surface area contributed by atoms with Gasteiger partial charge in [0.1, 0.15) is 0 Å². The Morgan fingerprint density at radius 2 is 1.96 bits per heavy atom. The Hall–Kier alpha value is -1.88. The monoisotopic (exact) mass is 377 g/mol. The minimum absolute atomic E-state index is 0.0259. The van der Waals surface area contributed by atoms with Crippen molar-refractivity contribution in [3.8, 4) is 0 Å². The van der Waals surface area contributed by atoms with Crippen molar-refractivity contribution in [2.24, 2.45) is 0 Å². The quantitative estimate of drug-likeness (QED) is 0.589. The molecule has 4 nitrogen and oxygen atoms in total. The molecule has 0 bridgehead atoms. The molecule has 1 amide bonds. The second kappa shape index (κ2) is 7.13. The van der Waals surface area contributed by atoms with Gasteiger partial charge in [0.25, 0.3) is 5.91 Å². The zero-order valence-corrected chi connectivity index (χ0v) is 15.3. The van der Waals surface area contributed by atoms with Gasteiger partial charge in [-0.3, -0.25) is 4.79 Å². The van der Waals surface area contributed by atoms with Gasteiger partial charge >= 0.3 is 5.97 Å². The number of nitrogens with zero attached hydrogens (tertiary/aromatic N) is 1. The van der Waals surface area contributed by atoms with Crippen LogP contribution in [-0.2, 0) is 14.3 Å². The van der Waals surface area contributed by atoms with Crippen molar-refractivity contribution in [2.75, 3.05) is 7.11 Å². The SMILES string of the molecule is CC[C@H](C)N1C(=O)/C(=C\c2ccc(Br)cc2)C(C(=O)OC)=C1C. The number of carbonyl (C=O) groups excluding carboxylic acids is 2. The van der Waals surface area contributed by atoms with Crippen LogP contribution in [0.15, 0.2) is 45.6 Å². The van der Waals surface area contributed by atoms with Gasteiger partial charge in [0.2, 0.25) is 0 Å². The molecular weight excluding hydrogens is 358 g/mol. The third-order valence-electron chi connectivity index (χ3n) is 4.04. The molecule has 0 aromatic heterocycles. The Morgan fingerprint density at radius 3 is 2.48 bits per heavy atom. The Kier molecular flexibility index (Phi) is 5.42. The summed E-state index contributed by atoms with van der Waals surface area (Å²) >= 11 is 3.38. The van der Waals surface area contributed by atoms with Crippen molar-refractivity contribution in [3.05, 3.63) is 51.1 Å². The predicted octanol–water partition coefficient (Wildman–Crippen LogP) is 3.92. The molecule has 0 fully saturated rings. The highest BCUT2D eigenvalue weighted by atomic mass is 79.9. The van der Waals surface area contributed by atoms with Crippen molar-refractivity contribution in [2.45, 2.75) is 33.2 Å². The van der Waals surface area contributed by atoms with E-state index in [1.807, 2.05) is 38.1 Å². The molecule has 0 radical (unpaired) electrons. The van der Waals surface area contributed by atoms with E-state index in [9.17, 15) is 9.59 Å². The molecule has 0 N–H and O–H groups in total. The topological polar surface area (TPSA) is 46.6 Å². The van der Waals surface area contributed by atoms with Gasteiger partial charge in [-0.1, -0.05) is 35.0 Å². The van der Waals surface area contributed by atoms with E-state index in [1.54, 1.807) is 17.9 Å². The molecule has 0 aliphatic carbocycles. The summed E-state index contributed by atoms with van der Waals surface area (Å²) in [5, 5.41) is 0. The number of allylic oxidation sites excluding steroid dienone is 1. The van der Waals surface area contributed by atoms with Crippen molar-refractivity contribution < 1.29 is 14.3 Å². The molecule has 122 valence electrons.